The first-order valence-electron chi connectivity index (χ1n) is 6.49. The number of nitrogens with one attached hydrogen (secondary N) is 1. The lowest BCUT2D eigenvalue weighted by Gasteiger charge is -2.36. The summed E-state index contributed by atoms with van der Waals surface area (Å²) >= 11 is 0. The third-order valence-corrected chi connectivity index (χ3v) is 4.01. The fourth-order valence-corrected chi connectivity index (χ4v) is 2.28. The van der Waals surface area contributed by atoms with Gasteiger partial charge in [-0.3, -0.25) is 0 Å². The highest BCUT2D eigenvalue weighted by Gasteiger charge is 2.25. The molecular formula is C13H26N4. The Morgan fingerprint density at radius 2 is 2.00 bits per heavy atom. The molecule has 1 aliphatic rings. The van der Waals surface area contributed by atoms with Gasteiger partial charge in [0.1, 0.15) is 5.54 Å². The molecule has 1 aliphatic heterocycles. The van der Waals surface area contributed by atoms with Crippen molar-refractivity contribution in [3.63, 3.8) is 0 Å². The maximum absolute atomic E-state index is 9.09. The van der Waals surface area contributed by atoms with Gasteiger partial charge in [0.05, 0.1) is 6.07 Å². The lowest BCUT2D eigenvalue weighted by atomic mass is 9.98. The zero-order valence-electron chi connectivity index (χ0n) is 11.7. The van der Waals surface area contributed by atoms with E-state index in [0.717, 1.165) is 32.1 Å². The standard InChI is InChI=1S/C13H26N4/c1-13(11-14,15-2)7-10-17-8-5-12(6-9-17)16(3)4/h12,15H,5-10H2,1-4H3. The molecule has 0 spiro atoms. The number of likely N-dealkylation sites (tertiary alicyclic amines) is 1. The SMILES string of the molecule is CNC(C)(C#N)CCN1CCC(N(C)C)CC1. The summed E-state index contributed by atoms with van der Waals surface area (Å²) in [6.45, 7) is 5.31. The Bertz CT molecular complexity index is 263. The van der Waals surface area contributed by atoms with Crippen molar-refractivity contribution in [3.8, 4) is 6.07 Å². The summed E-state index contributed by atoms with van der Waals surface area (Å²) in [5, 5.41) is 12.2. The second-order valence-corrected chi connectivity index (χ2v) is 5.48. The maximum atomic E-state index is 9.09. The molecule has 1 saturated heterocycles. The molecule has 0 aliphatic carbocycles. The van der Waals surface area contributed by atoms with E-state index in [1.165, 1.54) is 12.8 Å². The van der Waals surface area contributed by atoms with E-state index in [9.17, 15) is 0 Å². The lowest BCUT2D eigenvalue weighted by Crippen LogP contribution is -2.45. The van der Waals surface area contributed by atoms with E-state index >= 15 is 0 Å². The average molecular weight is 238 g/mol. The van der Waals surface area contributed by atoms with Gasteiger partial charge in [0, 0.05) is 12.6 Å². The quantitative estimate of drug-likeness (QED) is 0.773. The second kappa shape index (κ2) is 6.34. The first-order valence-corrected chi connectivity index (χ1v) is 6.49. The molecule has 0 aromatic carbocycles. The number of rotatable bonds is 5. The van der Waals surface area contributed by atoms with E-state index in [-0.39, 0.29) is 5.54 Å². The molecule has 0 aromatic heterocycles. The topological polar surface area (TPSA) is 42.3 Å². The molecule has 4 nitrogen and oxygen atoms in total. The van der Waals surface area contributed by atoms with Crippen LogP contribution in [0.15, 0.2) is 0 Å². The number of piperidine rings is 1. The van der Waals surface area contributed by atoms with Crippen molar-refractivity contribution < 1.29 is 0 Å². The van der Waals surface area contributed by atoms with Crippen molar-refractivity contribution in [1.82, 2.24) is 15.1 Å². The van der Waals surface area contributed by atoms with Crippen molar-refractivity contribution >= 4 is 0 Å². The van der Waals surface area contributed by atoms with Gasteiger partial charge < -0.3 is 15.1 Å². The van der Waals surface area contributed by atoms with Crippen LogP contribution in [-0.4, -0.2) is 62.2 Å². The largest absolute Gasteiger partial charge is 0.306 e. The first-order chi connectivity index (χ1) is 8.00. The molecule has 1 fully saturated rings. The number of hydrogen-bond donors (Lipinski definition) is 1. The van der Waals surface area contributed by atoms with E-state index in [2.05, 4.69) is 35.3 Å². The van der Waals surface area contributed by atoms with Crippen LogP contribution in [0, 0.1) is 11.3 Å². The van der Waals surface area contributed by atoms with E-state index in [1.54, 1.807) is 0 Å². The molecular weight excluding hydrogens is 212 g/mol. The molecule has 0 radical (unpaired) electrons. The third-order valence-electron chi connectivity index (χ3n) is 4.01. The monoisotopic (exact) mass is 238 g/mol. The summed E-state index contributed by atoms with van der Waals surface area (Å²) in [7, 11) is 6.18. The van der Waals surface area contributed by atoms with E-state index in [1.807, 2.05) is 14.0 Å². The summed E-state index contributed by atoms with van der Waals surface area (Å²) in [4.78, 5) is 4.80. The minimum absolute atomic E-state index is 0.377. The second-order valence-electron chi connectivity index (χ2n) is 5.48. The Kier molecular flexibility index (Phi) is 5.38. The van der Waals surface area contributed by atoms with Gasteiger partial charge in [0.25, 0.3) is 0 Å². The van der Waals surface area contributed by atoms with Crippen LogP contribution in [-0.2, 0) is 0 Å². The fourth-order valence-electron chi connectivity index (χ4n) is 2.28. The van der Waals surface area contributed by atoms with Crippen molar-refractivity contribution in [2.75, 3.05) is 40.8 Å². The van der Waals surface area contributed by atoms with Crippen LogP contribution in [0.3, 0.4) is 0 Å². The predicted molar refractivity (Wildman–Crippen MR) is 70.8 cm³/mol. The molecule has 1 N–H and O–H groups in total. The van der Waals surface area contributed by atoms with Crippen molar-refractivity contribution in [3.05, 3.63) is 0 Å². The Labute approximate surface area is 106 Å². The maximum Gasteiger partial charge on any atom is 0.104 e. The molecule has 17 heavy (non-hydrogen) atoms. The van der Waals surface area contributed by atoms with Crippen molar-refractivity contribution in [2.24, 2.45) is 0 Å². The minimum Gasteiger partial charge on any atom is -0.306 e. The van der Waals surface area contributed by atoms with Crippen LogP contribution >= 0.6 is 0 Å². The molecule has 1 unspecified atom stereocenters. The van der Waals surface area contributed by atoms with Gasteiger partial charge >= 0.3 is 0 Å². The van der Waals surface area contributed by atoms with Gasteiger partial charge in [-0.15, -0.1) is 0 Å². The molecule has 1 heterocycles. The van der Waals surface area contributed by atoms with Crippen LogP contribution in [0.4, 0.5) is 0 Å². The Balaban J connectivity index is 2.30. The zero-order valence-corrected chi connectivity index (χ0v) is 11.7. The van der Waals surface area contributed by atoms with Crippen LogP contribution in [0.2, 0.25) is 0 Å². The summed E-state index contributed by atoms with van der Waals surface area (Å²) in [6, 6.07) is 3.08. The summed E-state index contributed by atoms with van der Waals surface area (Å²) in [5.74, 6) is 0. The number of hydrogen-bond acceptors (Lipinski definition) is 4. The summed E-state index contributed by atoms with van der Waals surface area (Å²) in [6.07, 6.45) is 3.39. The molecule has 98 valence electrons. The molecule has 1 rings (SSSR count). The van der Waals surface area contributed by atoms with Gasteiger partial charge in [-0.05, 0) is 60.4 Å². The average Bonchev–Trinajstić information content (AvgIpc) is 2.36. The zero-order chi connectivity index (χ0) is 12.9. The van der Waals surface area contributed by atoms with Crippen LogP contribution in [0.5, 0.6) is 0 Å². The Morgan fingerprint density at radius 1 is 1.41 bits per heavy atom. The molecule has 4 heteroatoms. The molecule has 0 saturated carbocycles. The highest BCUT2D eigenvalue weighted by molar-refractivity contribution is 5.03. The molecule has 0 bridgehead atoms. The van der Waals surface area contributed by atoms with Gasteiger partial charge in [-0.2, -0.15) is 5.26 Å². The van der Waals surface area contributed by atoms with Crippen molar-refractivity contribution in [2.45, 2.75) is 37.8 Å². The van der Waals surface area contributed by atoms with E-state index in [4.69, 9.17) is 5.26 Å². The van der Waals surface area contributed by atoms with Gasteiger partial charge in [-0.1, -0.05) is 0 Å². The van der Waals surface area contributed by atoms with Crippen LogP contribution < -0.4 is 5.32 Å². The normalized spacial score (nSPS) is 22.4. The van der Waals surface area contributed by atoms with Gasteiger partial charge in [-0.25, -0.2) is 0 Å². The predicted octanol–water partition coefficient (Wildman–Crippen LogP) is 0.904. The Morgan fingerprint density at radius 3 is 2.41 bits per heavy atom. The Hall–Kier alpha value is -0.630. The van der Waals surface area contributed by atoms with Crippen molar-refractivity contribution in [1.29, 1.82) is 5.26 Å². The fraction of sp³-hybridized carbons (Fsp3) is 0.923. The molecule has 1 atom stereocenters. The summed E-state index contributed by atoms with van der Waals surface area (Å²) < 4.78 is 0. The third kappa shape index (κ3) is 4.27. The van der Waals surface area contributed by atoms with Gasteiger partial charge in [0.15, 0.2) is 0 Å². The van der Waals surface area contributed by atoms with E-state index in [0.29, 0.717) is 0 Å². The first kappa shape index (κ1) is 14.4. The van der Waals surface area contributed by atoms with E-state index < -0.39 is 0 Å². The number of nitrogens with zero attached hydrogens (tertiary/aromatic N) is 3. The lowest BCUT2D eigenvalue weighted by molar-refractivity contribution is 0.138. The highest BCUT2D eigenvalue weighted by atomic mass is 15.2. The van der Waals surface area contributed by atoms with Crippen LogP contribution in [0.25, 0.3) is 0 Å². The molecule has 0 aromatic rings. The highest BCUT2D eigenvalue weighted by Crippen LogP contribution is 2.16. The van der Waals surface area contributed by atoms with Crippen LogP contribution in [0.1, 0.15) is 26.2 Å². The summed E-state index contributed by atoms with van der Waals surface area (Å²) in [5.41, 5.74) is -0.377. The number of nitriles is 1. The molecule has 0 amide bonds. The van der Waals surface area contributed by atoms with Gasteiger partial charge in [0.2, 0.25) is 0 Å². The smallest absolute Gasteiger partial charge is 0.104 e. The minimum atomic E-state index is -0.377.